The molecule has 0 saturated carbocycles. The van der Waals surface area contributed by atoms with Crippen LogP contribution in [0.1, 0.15) is 18.9 Å². The predicted octanol–water partition coefficient (Wildman–Crippen LogP) is 1.77. The number of hydrogen-bond donors (Lipinski definition) is 2. The number of anilines is 1. The molecule has 2 N–H and O–H groups in total. The summed E-state index contributed by atoms with van der Waals surface area (Å²) in [4.78, 5) is 33.6. The number of ether oxygens (including phenoxy) is 1. The number of benzene rings is 1. The van der Waals surface area contributed by atoms with E-state index in [2.05, 4.69) is 26.6 Å². The lowest BCUT2D eigenvalue weighted by molar-refractivity contribution is -0.147. The zero-order valence-corrected chi connectivity index (χ0v) is 13.5. The summed E-state index contributed by atoms with van der Waals surface area (Å²) < 4.78 is 5.56. The average Bonchev–Trinajstić information content (AvgIpc) is 2.39. The van der Waals surface area contributed by atoms with E-state index in [1.807, 2.05) is 19.1 Å². The normalized spacial score (nSPS) is 9.86. The zero-order valence-electron chi connectivity index (χ0n) is 11.9. The second-order valence-corrected chi connectivity index (χ2v) is 5.28. The minimum absolute atomic E-state index is 0.0289. The van der Waals surface area contributed by atoms with Crippen LogP contribution in [0.5, 0.6) is 0 Å². The molecule has 2 amide bonds. The number of amides is 2. The SMILES string of the molecule is CC(=O)NCCC(=O)OCC(=O)Nc1ccc(C)cc1Br. The van der Waals surface area contributed by atoms with Gasteiger partial charge in [-0.1, -0.05) is 6.07 Å². The van der Waals surface area contributed by atoms with Crippen LogP contribution in [0.3, 0.4) is 0 Å². The molecule has 0 aromatic heterocycles. The maximum Gasteiger partial charge on any atom is 0.308 e. The van der Waals surface area contributed by atoms with Gasteiger partial charge in [0, 0.05) is 17.9 Å². The standard InChI is InChI=1S/C14H17BrN2O4/c1-9-3-4-12(11(15)7-9)17-13(19)8-21-14(20)5-6-16-10(2)18/h3-4,7H,5-6,8H2,1-2H3,(H,16,18)(H,17,19). The molecule has 0 atom stereocenters. The number of hydrogen-bond acceptors (Lipinski definition) is 4. The van der Waals surface area contributed by atoms with Crippen molar-refractivity contribution in [2.45, 2.75) is 20.3 Å². The minimum atomic E-state index is -0.540. The molecule has 0 radical (unpaired) electrons. The average molecular weight is 357 g/mol. The molecule has 6 nitrogen and oxygen atoms in total. The Morgan fingerprint density at radius 3 is 2.62 bits per heavy atom. The Morgan fingerprint density at radius 1 is 1.29 bits per heavy atom. The number of nitrogens with one attached hydrogen (secondary N) is 2. The van der Waals surface area contributed by atoms with E-state index in [1.54, 1.807) is 6.07 Å². The highest BCUT2D eigenvalue weighted by atomic mass is 79.9. The van der Waals surface area contributed by atoms with Gasteiger partial charge in [-0.3, -0.25) is 14.4 Å². The van der Waals surface area contributed by atoms with Crippen molar-refractivity contribution in [3.05, 3.63) is 28.2 Å². The summed E-state index contributed by atoms with van der Waals surface area (Å²) in [5, 5.41) is 5.10. The molecule has 1 rings (SSSR count). The Balaban J connectivity index is 2.33. The molecule has 0 aliphatic heterocycles. The molecule has 0 saturated heterocycles. The number of carbonyl (C=O) groups is 3. The summed E-state index contributed by atoms with van der Waals surface area (Å²) >= 11 is 3.34. The van der Waals surface area contributed by atoms with Crippen LogP contribution in [0.2, 0.25) is 0 Å². The summed E-state index contributed by atoms with van der Waals surface area (Å²) in [7, 11) is 0. The fourth-order valence-electron chi connectivity index (χ4n) is 1.47. The molecule has 0 aliphatic carbocycles. The first kappa shape index (κ1) is 17.2. The Labute approximate surface area is 131 Å². The predicted molar refractivity (Wildman–Crippen MR) is 81.8 cm³/mol. The van der Waals surface area contributed by atoms with Crippen molar-refractivity contribution in [2.75, 3.05) is 18.5 Å². The van der Waals surface area contributed by atoms with E-state index in [0.29, 0.717) is 5.69 Å². The third kappa shape index (κ3) is 6.89. The van der Waals surface area contributed by atoms with Crippen LogP contribution in [0, 0.1) is 6.92 Å². The van der Waals surface area contributed by atoms with Gasteiger partial charge in [-0.15, -0.1) is 0 Å². The van der Waals surface area contributed by atoms with Gasteiger partial charge < -0.3 is 15.4 Å². The molecule has 0 heterocycles. The monoisotopic (exact) mass is 356 g/mol. The molecule has 7 heteroatoms. The van der Waals surface area contributed by atoms with Gasteiger partial charge in [-0.25, -0.2) is 0 Å². The van der Waals surface area contributed by atoms with Crippen LogP contribution in [0.25, 0.3) is 0 Å². The summed E-state index contributed by atoms with van der Waals surface area (Å²) in [5.41, 5.74) is 1.67. The second-order valence-electron chi connectivity index (χ2n) is 4.43. The number of carbonyl (C=O) groups excluding carboxylic acids is 3. The van der Waals surface area contributed by atoms with Gasteiger partial charge >= 0.3 is 5.97 Å². The van der Waals surface area contributed by atoms with Crippen LogP contribution in [-0.4, -0.2) is 30.9 Å². The lowest BCUT2D eigenvalue weighted by Crippen LogP contribution is -2.26. The smallest absolute Gasteiger partial charge is 0.308 e. The van der Waals surface area contributed by atoms with E-state index < -0.39 is 11.9 Å². The second kappa shape index (κ2) is 8.41. The summed E-state index contributed by atoms with van der Waals surface area (Å²) in [5.74, 6) is -1.18. The minimum Gasteiger partial charge on any atom is -0.456 e. The molecule has 0 unspecified atom stereocenters. The van der Waals surface area contributed by atoms with E-state index in [0.717, 1.165) is 10.0 Å². The lowest BCUT2D eigenvalue weighted by atomic mass is 10.2. The van der Waals surface area contributed by atoms with Crippen LogP contribution in [0.4, 0.5) is 5.69 Å². The number of aryl methyl sites for hydroxylation is 1. The molecule has 0 spiro atoms. The van der Waals surface area contributed by atoms with Crippen LogP contribution in [0.15, 0.2) is 22.7 Å². The highest BCUT2D eigenvalue weighted by molar-refractivity contribution is 9.10. The van der Waals surface area contributed by atoms with Crippen LogP contribution < -0.4 is 10.6 Å². The molecule has 0 fully saturated rings. The third-order valence-electron chi connectivity index (χ3n) is 2.47. The first-order chi connectivity index (χ1) is 9.88. The molecule has 114 valence electrons. The topological polar surface area (TPSA) is 84.5 Å². The van der Waals surface area contributed by atoms with Gasteiger partial charge in [0.2, 0.25) is 5.91 Å². The molecular weight excluding hydrogens is 340 g/mol. The lowest BCUT2D eigenvalue weighted by Gasteiger charge is -2.09. The fraction of sp³-hybridized carbons (Fsp3) is 0.357. The molecule has 0 bridgehead atoms. The molecule has 1 aromatic rings. The van der Waals surface area contributed by atoms with Gasteiger partial charge in [-0.05, 0) is 40.5 Å². The number of esters is 1. The van der Waals surface area contributed by atoms with Crippen molar-refractivity contribution in [3.63, 3.8) is 0 Å². The zero-order chi connectivity index (χ0) is 15.8. The Bertz CT molecular complexity index is 546. The van der Waals surface area contributed by atoms with Gasteiger partial charge in [-0.2, -0.15) is 0 Å². The van der Waals surface area contributed by atoms with Crippen molar-refractivity contribution in [1.82, 2.24) is 5.32 Å². The fourth-order valence-corrected chi connectivity index (χ4v) is 2.06. The highest BCUT2D eigenvalue weighted by Gasteiger charge is 2.09. The van der Waals surface area contributed by atoms with E-state index >= 15 is 0 Å². The summed E-state index contributed by atoms with van der Waals surface area (Å²) in [6, 6.07) is 5.49. The summed E-state index contributed by atoms with van der Waals surface area (Å²) in [6.45, 7) is 3.13. The maximum atomic E-state index is 11.7. The van der Waals surface area contributed by atoms with Crippen LogP contribution in [-0.2, 0) is 19.1 Å². The van der Waals surface area contributed by atoms with Gasteiger partial charge in [0.1, 0.15) is 0 Å². The maximum absolute atomic E-state index is 11.7. The van der Waals surface area contributed by atoms with E-state index in [-0.39, 0.29) is 25.5 Å². The van der Waals surface area contributed by atoms with Crippen molar-refractivity contribution >= 4 is 39.4 Å². The molecule has 1 aromatic carbocycles. The largest absolute Gasteiger partial charge is 0.456 e. The van der Waals surface area contributed by atoms with E-state index in [1.165, 1.54) is 6.92 Å². The third-order valence-corrected chi connectivity index (χ3v) is 3.12. The number of rotatable bonds is 6. The van der Waals surface area contributed by atoms with Crippen LogP contribution >= 0.6 is 15.9 Å². The Morgan fingerprint density at radius 2 is 2.00 bits per heavy atom. The highest BCUT2D eigenvalue weighted by Crippen LogP contribution is 2.23. The van der Waals surface area contributed by atoms with Crippen molar-refractivity contribution in [1.29, 1.82) is 0 Å². The van der Waals surface area contributed by atoms with Crippen molar-refractivity contribution in [3.8, 4) is 0 Å². The Kier molecular flexibility index (Phi) is 6.87. The van der Waals surface area contributed by atoms with Gasteiger partial charge in [0.25, 0.3) is 5.91 Å². The molecular formula is C14H17BrN2O4. The molecule has 21 heavy (non-hydrogen) atoms. The number of halogens is 1. The van der Waals surface area contributed by atoms with Crippen molar-refractivity contribution in [2.24, 2.45) is 0 Å². The summed E-state index contributed by atoms with van der Waals surface area (Å²) in [6.07, 6.45) is 0.0289. The first-order valence-electron chi connectivity index (χ1n) is 6.34. The molecule has 0 aliphatic rings. The van der Waals surface area contributed by atoms with Gasteiger partial charge in [0.05, 0.1) is 12.1 Å². The van der Waals surface area contributed by atoms with E-state index in [9.17, 15) is 14.4 Å². The quantitative estimate of drug-likeness (QED) is 0.760. The Hall–Kier alpha value is -1.89. The first-order valence-corrected chi connectivity index (χ1v) is 7.14. The van der Waals surface area contributed by atoms with Gasteiger partial charge in [0.15, 0.2) is 6.61 Å². The van der Waals surface area contributed by atoms with Crippen molar-refractivity contribution < 1.29 is 19.1 Å². The van der Waals surface area contributed by atoms with E-state index in [4.69, 9.17) is 4.74 Å².